The van der Waals surface area contributed by atoms with Gasteiger partial charge in [0.25, 0.3) is 16.9 Å². The molecule has 130 valence electrons. The van der Waals surface area contributed by atoms with Crippen LogP contribution in [0.2, 0.25) is 0 Å². The summed E-state index contributed by atoms with van der Waals surface area (Å²) < 4.78 is 5.64. The first-order chi connectivity index (χ1) is 11.4. The monoisotopic (exact) mass is 337 g/mol. The SMILES string of the molecule is CN(C)CCCOc1cccc2c1C(=O)N(CCO[N+](=O)[O-])C2=O. The summed E-state index contributed by atoms with van der Waals surface area (Å²) in [4.78, 5) is 42.0. The second kappa shape index (κ2) is 7.73. The van der Waals surface area contributed by atoms with Gasteiger partial charge in [0, 0.05) is 6.54 Å². The lowest BCUT2D eigenvalue weighted by Gasteiger charge is -2.13. The fraction of sp³-hybridized carbons (Fsp3) is 0.467. The molecule has 2 rings (SSSR count). The lowest BCUT2D eigenvalue weighted by Crippen LogP contribution is -2.33. The van der Waals surface area contributed by atoms with Crippen molar-refractivity contribution in [2.45, 2.75) is 6.42 Å². The molecule has 0 atom stereocenters. The van der Waals surface area contributed by atoms with Gasteiger partial charge in [0.15, 0.2) is 0 Å². The Balaban J connectivity index is 2.06. The van der Waals surface area contributed by atoms with Gasteiger partial charge >= 0.3 is 0 Å². The summed E-state index contributed by atoms with van der Waals surface area (Å²) in [7, 11) is 3.90. The molecule has 0 aliphatic carbocycles. The lowest BCUT2D eigenvalue weighted by atomic mass is 10.1. The average Bonchev–Trinajstić information content (AvgIpc) is 2.76. The fourth-order valence-corrected chi connectivity index (χ4v) is 2.40. The van der Waals surface area contributed by atoms with Crippen molar-refractivity contribution in [3.05, 3.63) is 39.4 Å². The zero-order chi connectivity index (χ0) is 17.7. The first-order valence-electron chi connectivity index (χ1n) is 7.46. The molecule has 1 aromatic rings. The van der Waals surface area contributed by atoms with Crippen LogP contribution in [0, 0.1) is 10.1 Å². The molecule has 0 aromatic heterocycles. The van der Waals surface area contributed by atoms with Gasteiger partial charge in [0.2, 0.25) is 0 Å². The molecular weight excluding hydrogens is 318 g/mol. The van der Waals surface area contributed by atoms with Crippen LogP contribution in [0.3, 0.4) is 0 Å². The maximum absolute atomic E-state index is 12.4. The molecule has 0 saturated carbocycles. The van der Waals surface area contributed by atoms with Crippen molar-refractivity contribution in [1.82, 2.24) is 9.80 Å². The van der Waals surface area contributed by atoms with Gasteiger partial charge in [0.05, 0.1) is 24.3 Å². The number of fused-ring (bicyclic) bond motifs is 1. The van der Waals surface area contributed by atoms with E-state index >= 15 is 0 Å². The highest BCUT2D eigenvalue weighted by molar-refractivity contribution is 6.22. The van der Waals surface area contributed by atoms with E-state index in [4.69, 9.17) is 4.74 Å². The predicted molar refractivity (Wildman–Crippen MR) is 83.4 cm³/mol. The first-order valence-corrected chi connectivity index (χ1v) is 7.46. The van der Waals surface area contributed by atoms with Gasteiger partial charge in [0.1, 0.15) is 12.4 Å². The Hall–Kier alpha value is -2.68. The molecule has 0 bridgehead atoms. The molecule has 1 heterocycles. The Morgan fingerprint density at radius 3 is 2.62 bits per heavy atom. The van der Waals surface area contributed by atoms with Gasteiger partial charge in [-0.05, 0) is 32.6 Å². The van der Waals surface area contributed by atoms with Crippen LogP contribution in [0.5, 0.6) is 5.75 Å². The molecule has 0 saturated heterocycles. The van der Waals surface area contributed by atoms with Crippen LogP contribution in [0.15, 0.2) is 18.2 Å². The Bertz CT molecular complexity index is 646. The van der Waals surface area contributed by atoms with Crippen LogP contribution < -0.4 is 4.74 Å². The van der Waals surface area contributed by atoms with E-state index in [0.717, 1.165) is 17.9 Å². The van der Waals surface area contributed by atoms with Crippen LogP contribution in [0.1, 0.15) is 27.1 Å². The summed E-state index contributed by atoms with van der Waals surface area (Å²) in [6, 6.07) is 4.82. The van der Waals surface area contributed by atoms with Gasteiger partial charge in [-0.15, -0.1) is 10.1 Å². The number of hydrogen-bond acceptors (Lipinski definition) is 7. The molecule has 1 aromatic carbocycles. The molecule has 2 amide bonds. The van der Waals surface area contributed by atoms with Crippen molar-refractivity contribution in [2.24, 2.45) is 0 Å². The van der Waals surface area contributed by atoms with E-state index in [2.05, 4.69) is 4.84 Å². The molecule has 0 N–H and O–H groups in total. The number of hydrogen-bond donors (Lipinski definition) is 0. The lowest BCUT2D eigenvalue weighted by molar-refractivity contribution is -0.757. The highest BCUT2D eigenvalue weighted by Crippen LogP contribution is 2.30. The van der Waals surface area contributed by atoms with E-state index in [1.54, 1.807) is 12.1 Å². The van der Waals surface area contributed by atoms with Gasteiger partial charge in [-0.1, -0.05) is 6.07 Å². The molecule has 9 heteroatoms. The number of ether oxygens (including phenoxy) is 1. The van der Waals surface area contributed by atoms with Crippen molar-refractivity contribution >= 4 is 11.8 Å². The van der Waals surface area contributed by atoms with E-state index in [9.17, 15) is 19.7 Å². The normalized spacial score (nSPS) is 13.4. The van der Waals surface area contributed by atoms with Gasteiger partial charge < -0.3 is 14.5 Å². The number of carbonyl (C=O) groups is 2. The fourth-order valence-electron chi connectivity index (χ4n) is 2.40. The Morgan fingerprint density at radius 2 is 1.96 bits per heavy atom. The molecule has 0 radical (unpaired) electrons. The van der Waals surface area contributed by atoms with Crippen molar-refractivity contribution in [2.75, 3.05) is 40.4 Å². The first kappa shape index (κ1) is 17.7. The minimum atomic E-state index is -0.961. The summed E-state index contributed by atoms with van der Waals surface area (Å²) >= 11 is 0. The standard InChI is InChI=1S/C15H19N3O6/c1-16(2)7-4-9-23-12-6-3-5-11-13(12)15(20)17(14(11)19)8-10-24-18(21)22/h3,5-6H,4,7-10H2,1-2H3. The molecular formula is C15H19N3O6. The van der Waals surface area contributed by atoms with E-state index in [1.807, 2.05) is 19.0 Å². The van der Waals surface area contributed by atoms with Crippen molar-refractivity contribution in [1.29, 1.82) is 0 Å². The topological polar surface area (TPSA) is 102 Å². The molecule has 1 aliphatic heterocycles. The van der Waals surface area contributed by atoms with Crippen LogP contribution in [-0.2, 0) is 4.84 Å². The highest BCUT2D eigenvalue weighted by atomic mass is 16.9. The molecule has 24 heavy (non-hydrogen) atoms. The summed E-state index contributed by atoms with van der Waals surface area (Å²) in [6.07, 6.45) is 0.777. The minimum Gasteiger partial charge on any atom is -0.493 e. The Labute approximate surface area is 138 Å². The van der Waals surface area contributed by atoms with E-state index in [-0.39, 0.29) is 24.3 Å². The predicted octanol–water partition coefficient (Wildman–Crippen LogP) is 0.821. The smallest absolute Gasteiger partial charge is 0.294 e. The Kier molecular flexibility index (Phi) is 5.69. The largest absolute Gasteiger partial charge is 0.493 e. The van der Waals surface area contributed by atoms with Crippen LogP contribution >= 0.6 is 0 Å². The minimum absolute atomic E-state index is 0.187. The third-order valence-corrected chi connectivity index (χ3v) is 3.48. The zero-order valence-electron chi connectivity index (χ0n) is 13.6. The second-order valence-corrected chi connectivity index (χ2v) is 5.50. The second-order valence-electron chi connectivity index (χ2n) is 5.50. The number of amides is 2. The third kappa shape index (κ3) is 3.99. The number of benzene rings is 1. The molecule has 0 unspecified atom stereocenters. The van der Waals surface area contributed by atoms with E-state index < -0.39 is 16.9 Å². The quantitative estimate of drug-likeness (QED) is 0.284. The van der Waals surface area contributed by atoms with Crippen molar-refractivity contribution < 1.29 is 24.3 Å². The van der Waals surface area contributed by atoms with Crippen LogP contribution in [0.4, 0.5) is 0 Å². The summed E-state index contributed by atoms with van der Waals surface area (Å²) in [5.74, 6) is -0.673. The molecule has 0 fully saturated rings. The van der Waals surface area contributed by atoms with Crippen molar-refractivity contribution in [3.63, 3.8) is 0 Å². The number of carbonyl (C=O) groups excluding carboxylic acids is 2. The number of nitrogens with zero attached hydrogens (tertiary/aromatic N) is 3. The van der Waals surface area contributed by atoms with Gasteiger partial charge in [-0.25, -0.2) is 0 Å². The van der Waals surface area contributed by atoms with E-state index in [1.165, 1.54) is 6.07 Å². The molecule has 9 nitrogen and oxygen atoms in total. The Morgan fingerprint density at radius 1 is 1.21 bits per heavy atom. The number of imide groups is 1. The van der Waals surface area contributed by atoms with E-state index in [0.29, 0.717) is 12.4 Å². The molecule has 0 spiro atoms. The van der Waals surface area contributed by atoms with Crippen molar-refractivity contribution in [3.8, 4) is 5.75 Å². The maximum atomic E-state index is 12.4. The van der Waals surface area contributed by atoms with Crippen LogP contribution in [0.25, 0.3) is 0 Å². The summed E-state index contributed by atoms with van der Waals surface area (Å²) in [5.41, 5.74) is 0.444. The highest BCUT2D eigenvalue weighted by Gasteiger charge is 2.37. The van der Waals surface area contributed by atoms with Gasteiger partial charge in [-0.2, -0.15) is 0 Å². The van der Waals surface area contributed by atoms with Crippen LogP contribution in [-0.4, -0.2) is 67.1 Å². The molecule has 1 aliphatic rings. The number of rotatable bonds is 9. The third-order valence-electron chi connectivity index (χ3n) is 3.48. The summed E-state index contributed by atoms with van der Waals surface area (Å²) in [6.45, 7) is 0.706. The summed E-state index contributed by atoms with van der Waals surface area (Å²) in [5, 5.41) is 9.21. The van der Waals surface area contributed by atoms with Gasteiger partial charge in [-0.3, -0.25) is 14.5 Å². The zero-order valence-corrected chi connectivity index (χ0v) is 13.6. The maximum Gasteiger partial charge on any atom is 0.294 e. The average molecular weight is 337 g/mol.